The van der Waals surface area contributed by atoms with Crippen LogP contribution in [-0.2, 0) is 11.3 Å². The highest BCUT2D eigenvalue weighted by atomic mass is 19.1. The summed E-state index contributed by atoms with van der Waals surface area (Å²) in [6.45, 7) is 3.44. The molecule has 1 fully saturated rings. The van der Waals surface area contributed by atoms with Gasteiger partial charge in [-0.3, -0.25) is 0 Å². The Balaban J connectivity index is 1.71. The number of oxime groups is 1. The number of rotatable bonds is 13. The van der Waals surface area contributed by atoms with Crippen LogP contribution in [0.3, 0.4) is 0 Å². The lowest BCUT2D eigenvalue weighted by Gasteiger charge is -2.32. The van der Waals surface area contributed by atoms with Crippen LogP contribution < -0.4 is 9.47 Å². The number of likely N-dealkylation sites (tertiary alicyclic amines) is 1. The second-order valence-electron chi connectivity index (χ2n) is 8.98. The van der Waals surface area contributed by atoms with E-state index in [0.29, 0.717) is 18.1 Å². The summed E-state index contributed by atoms with van der Waals surface area (Å²) >= 11 is 0. The summed E-state index contributed by atoms with van der Waals surface area (Å²) in [5.41, 5.74) is 2.79. The number of piperidine rings is 1. The van der Waals surface area contributed by atoms with E-state index in [9.17, 15) is 8.78 Å². The van der Waals surface area contributed by atoms with Crippen LogP contribution in [0.1, 0.15) is 24.0 Å². The fraction of sp³-hybridized carbons (Fsp3) is 0.519. The van der Waals surface area contributed by atoms with Gasteiger partial charge in [-0.05, 0) is 76.3 Å². The lowest BCUT2D eigenvalue weighted by molar-refractivity contribution is 0.123. The van der Waals surface area contributed by atoms with E-state index in [1.54, 1.807) is 13.2 Å². The Morgan fingerprint density at radius 3 is 2.49 bits per heavy atom. The van der Waals surface area contributed by atoms with Crippen LogP contribution in [0, 0.1) is 11.7 Å². The third-order valence-corrected chi connectivity index (χ3v) is 6.19. The highest BCUT2D eigenvalue weighted by molar-refractivity contribution is 6.04. The molecule has 35 heavy (non-hydrogen) atoms. The Bertz CT molecular complexity index is 930. The maximum atomic E-state index is 13.2. The molecule has 0 amide bonds. The summed E-state index contributed by atoms with van der Waals surface area (Å²) in [5, 5.41) is 4.57. The van der Waals surface area contributed by atoms with Crippen LogP contribution in [0.15, 0.2) is 47.6 Å². The molecule has 3 rings (SSSR count). The summed E-state index contributed by atoms with van der Waals surface area (Å²) in [6, 6.07) is 12.3. The lowest BCUT2D eigenvalue weighted by atomic mass is 9.87. The predicted molar refractivity (Wildman–Crippen MR) is 135 cm³/mol. The minimum Gasteiger partial charge on any atom is -0.492 e. The monoisotopic (exact) mass is 489 g/mol. The molecule has 1 heterocycles. The minimum absolute atomic E-state index is 0.0297. The van der Waals surface area contributed by atoms with Gasteiger partial charge in [0.15, 0.2) is 11.5 Å². The van der Waals surface area contributed by atoms with E-state index in [1.807, 2.05) is 43.3 Å². The Hall–Kier alpha value is -2.71. The normalized spacial score (nSPS) is 15.4. The largest absolute Gasteiger partial charge is 0.492 e. The van der Waals surface area contributed by atoms with Gasteiger partial charge >= 0.3 is 0 Å². The summed E-state index contributed by atoms with van der Waals surface area (Å²) in [5.74, 6) is 1.04. The van der Waals surface area contributed by atoms with E-state index in [0.717, 1.165) is 62.3 Å². The number of nitrogens with zero attached hydrogens (tertiary/aromatic N) is 3. The number of halogens is 2. The molecule has 192 valence electrons. The van der Waals surface area contributed by atoms with Crippen molar-refractivity contribution in [1.82, 2.24) is 9.80 Å². The molecular formula is C27H37F2N3O3. The molecule has 8 heteroatoms. The third-order valence-electron chi connectivity index (χ3n) is 6.19. The quantitative estimate of drug-likeness (QED) is 0.237. The first-order valence-corrected chi connectivity index (χ1v) is 12.2. The Morgan fingerprint density at radius 1 is 1.09 bits per heavy atom. The Kier molecular flexibility index (Phi) is 10.8. The molecule has 0 aromatic heterocycles. The topological polar surface area (TPSA) is 46.5 Å². The van der Waals surface area contributed by atoms with Crippen LogP contribution in [0.25, 0.3) is 0 Å². The smallest absolute Gasteiger partial charge is 0.169 e. The van der Waals surface area contributed by atoms with Crippen molar-refractivity contribution in [3.8, 4) is 11.5 Å². The molecular weight excluding hydrogens is 452 g/mol. The molecule has 0 radical (unpaired) electrons. The maximum Gasteiger partial charge on any atom is 0.169 e. The van der Waals surface area contributed by atoms with Gasteiger partial charge in [0.25, 0.3) is 0 Å². The van der Waals surface area contributed by atoms with E-state index in [4.69, 9.17) is 14.3 Å². The first-order chi connectivity index (χ1) is 17.0. The first kappa shape index (κ1) is 26.9. The van der Waals surface area contributed by atoms with E-state index in [2.05, 4.69) is 10.1 Å². The van der Waals surface area contributed by atoms with Crippen molar-refractivity contribution in [3.05, 3.63) is 59.4 Å². The van der Waals surface area contributed by atoms with Crippen molar-refractivity contribution < 1.29 is 23.1 Å². The van der Waals surface area contributed by atoms with Gasteiger partial charge in [0.05, 0.1) is 12.8 Å². The van der Waals surface area contributed by atoms with Crippen LogP contribution in [0.2, 0.25) is 0 Å². The summed E-state index contributed by atoms with van der Waals surface area (Å²) in [7, 11) is 5.57. The molecule has 0 spiro atoms. The van der Waals surface area contributed by atoms with Crippen molar-refractivity contribution >= 4 is 5.71 Å². The molecule has 1 aliphatic heterocycles. The van der Waals surface area contributed by atoms with E-state index in [-0.39, 0.29) is 18.3 Å². The van der Waals surface area contributed by atoms with E-state index < -0.39 is 6.67 Å². The van der Waals surface area contributed by atoms with Crippen LogP contribution in [0.5, 0.6) is 11.5 Å². The number of hydrogen-bond donors (Lipinski definition) is 0. The molecule has 2 aromatic rings. The maximum absolute atomic E-state index is 13.2. The highest BCUT2D eigenvalue weighted by Crippen LogP contribution is 2.35. The van der Waals surface area contributed by atoms with Gasteiger partial charge in [-0.1, -0.05) is 23.4 Å². The standard InChI is InChI=1S/C27H37F2N3O3/c1-31(2)18-20-35-30-26(24-5-4-6-25(27(24)33-3)34-19-14-28)22-12-16-32(17-13-22)15-11-21-7-9-23(29)10-8-21/h4-10,22H,11-20H2,1-3H3/b30-26+. The van der Waals surface area contributed by atoms with E-state index >= 15 is 0 Å². The molecule has 0 unspecified atom stereocenters. The van der Waals surface area contributed by atoms with Crippen molar-refractivity contribution in [2.24, 2.45) is 11.1 Å². The number of likely N-dealkylation sites (N-methyl/N-ethyl adjacent to an activating group) is 1. The molecule has 0 atom stereocenters. The Labute approximate surface area is 207 Å². The minimum atomic E-state index is -0.571. The van der Waals surface area contributed by atoms with Gasteiger partial charge in [0.2, 0.25) is 0 Å². The number of alkyl halides is 1. The Morgan fingerprint density at radius 2 is 1.83 bits per heavy atom. The number of methoxy groups -OCH3 is 1. The molecule has 6 nitrogen and oxygen atoms in total. The van der Waals surface area contributed by atoms with Crippen molar-refractivity contribution in [2.45, 2.75) is 19.3 Å². The molecule has 1 aliphatic rings. The summed E-state index contributed by atoms with van der Waals surface area (Å²) in [4.78, 5) is 10.2. The number of benzene rings is 2. The highest BCUT2D eigenvalue weighted by Gasteiger charge is 2.28. The lowest BCUT2D eigenvalue weighted by Crippen LogP contribution is -2.38. The molecule has 0 aliphatic carbocycles. The summed E-state index contributed by atoms with van der Waals surface area (Å²) in [6.07, 6.45) is 2.75. The van der Waals surface area contributed by atoms with Crippen LogP contribution >= 0.6 is 0 Å². The second-order valence-corrected chi connectivity index (χ2v) is 8.98. The zero-order valence-corrected chi connectivity index (χ0v) is 21.0. The van der Waals surface area contributed by atoms with Gasteiger partial charge in [0, 0.05) is 24.6 Å². The number of ether oxygens (including phenoxy) is 2. The van der Waals surface area contributed by atoms with Gasteiger partial charge in [-0.25, -0.2) is 8.78 Å². The SMILES string of the molecule is COc1c(OCCF)cccc1/C(=N/OCCN(C)C)C1CCN(CCc2ccc(F)cc2)CC1. The van der Waals surface area contributed by atoms with Gasteiger partial charge in [0.1, 0.15) is 25.7 Å². The van der Waals surface area contributed by atoms with Gasteiger partial charge in [-0.2, -0.15) is 0 Å². The fourth-order valence-electron chi connectivity index (χ4n) is 4.24. The zero-order valence-electron chi connectivity index (χ0n) is 21.0. The second kappa shape index (κ2) is 14.0. The zero-order chi connectivity index (χ0) is 25.0. The average molecular weight is 490 g/mol. The van der Waals surface area contributed by atoms with E-state index in [1.165, 1.54) is 12.1 Å². The fourth-order valence-corrected chi connectivity index (χ4v) is 4.24. The summed E-state index contributed by atoms with van der Waals surface area (Å²) < 4.78 is 37.1. The molecule has 2 aromatic carbocycles. The number of para-hydroxylation sites is 1. The van der Waals surface area contributed by atoms with Crippen molar-refractivity contribution in [2.75, 3.05) is 67.3 Å². The average Bonchev–Trinajstić information content (AvgIpc) is 2.87. The number of hydrogen-bond acceptors (Lipinski definition) is 6. The van der Waals surface area contributed by atoms with Crippen LogP contribution in [-0.4, -0.2) is 82.8 Å². The van der Waals surface area contributed by atoms with Crippen LogP contribution in [0.4, 0.5) is 8.78 Å². The van der Waals surface area contributed by atoms with Crippen molar-refractivity contribution in [1.29, 1.82) is 0 Å². The van der Waals surface area contributed by atoms with Gasteiger partial charge < -0.3 is 24.1 Å². The van der Waals surface area contributed by atoms with Crippen molar-refractivity contribution in [3.63, 3.8) is 0 Å². The molecule has 0 N–H and O–H groups in total. The third kappa shape index (κ3) is 8.18. The predicted octanol–water partition coefficient (Wildman–Crippen LogP) is 4.42. The van der Waals surface area contributed by atoms with Gasteiger partial charge in [-0.15, -0.1) is 0 Å². The molecule has 1 saturated heterocycles. The molecule has 0 saturated carbocycles. The molecule has 0 bridgehead atoms. The first-order valence-electron chi connectivity index (χ1n) is 12.2.